The van der Waals surface area contributed by atoms with Crippen molar-refractivity contribution in [2.75, 3.05) is 32.7 Å². The van der Waals surface area contributed by atoms with Crippen molar-refractivity contribution in [3.8, 4) is 0 Å². The van der Waals surface area contributed by atoms with E-state index in [9.17, 15) is 9.59 Å². The lowest BCUT2D eigenvalue weighted by Gasteiger charge is -2.35. The fraction of sp³-hybridized carbons (Fsp3) is 0.579. The van der Waals surface area contributed by atoms with Gasteiger partial charge in [0.1, 0.15) is 0 Å². The Hall–Kier alpha value is -1.68. The van der Waals surface area contributed by atoms with Crippen LogP contribution >= 0.6 is 0 Å². The molecule has 0 atom stereocenters. The molecule has 4 heteroatoms. The summed E-state index contributed by atoms with van der Waals surface area (Å²) in [5, 5.41) is 0. The molecule has 126 valence electrons. The van der Waals surface area contributed by atoms with Crippen molar-refractivity contribution in [3.63, 3.8) is 0 Å². The third kappa shape index (κ3) is 5.17. The van der Waals surface area contributed by atoms with E-state index in [2.05, 4.69) is 11.0 Å². The van der Waals surface area contributed by atoms with Crippen LogP contribution in [0.2, 0.25) is 0 Å². The Morgan fingerprint density at radius 2 is 1.74 bits per heavy atom. The van der Waals surface area contributed by atoms with Gasteiger partial charge in [0.2, 0.25) is 5.91 Å². The number of benzene rings is 1. The first kappa shape index (κ1) is 17.7. The zero-order chi connectivity index (χ0) is 17.0. The Labute approximate surface area is 139 Å². The van der Waals surface area contributed by atoms with Crippen molar-refractivity contribution in [2.45, 2.75) is 34.1 Å². The Morgan fingerprint density at radius 1 is 1.09 bits per heavy atom. The van der Waals surface area contributed by atoms with E-state index in [1.54, 1.807) is 0 Å². The molecule has 1 saturated heterocycles. The average Bonchev–Trinajstić information content (AvgIpc) is 2.47. The molecule has 1 aromatic carbocycles. The maximum Gasteiger partial charge on any atom is 0.227 e. The van der Waals surface area contributed by atoms with Crippen LogP contribution < -0.4 is 0 Å². The Kier molecular flexibility index (Phi) is 5.58. The minimum Gasteiger partial charge on any atom is -0.340 e. The summed E-state index contributed by atoms with van der Waals surface area (Å²) in [5.41, 5.74) is 1.96. The zero-order valence-electron chi connectivity index (χ0n) is 14.8. The summed E-state index contributed by atoms with van der Waals surface area (Å²) in [6.07, 6.45) is 0.461. The molecule has 1 aromatic rings. The predicted octanol–water partition coefficient (Wildman–Crippen LogP) is 2.30. The maximum absolute atomic E-state index is 12.4. The van der Waals surface area contributed by atoms with E-state index in [1.165, 1.54) is 5.56 Å². The molecule has 0 radical (unpaired) electrons. The molecule has 0 unspecified atom stereocenters. The van der Waals surface area contributed by atoms with E-state index in [-0.39, 0.29) is 17.1 Å². The summed E-state index contributed by atoms with van der Waals surface area (Å²) in [6, 6.07) is 8.10. The first-order valence-corrected chi connectivity index (χ1v) is 8.35. The summed E-state index contributed by atoms with van der Waals surface area (Å²) in [4.78, 5) is 28.6. The highest BCUT2D eigenvalue weighted by Crippen LogP contribution is 2.16. The van der Waals surface area contributed by atoms with Gasteiger partial charge in [-0.25, -0.2) is 0 Å². The molecule has 1 amide bonds. The largest absolute Gasteiger partial charge is 0.340 e. The number of hydrogen-bond acceptors (Lipinski definition) is 3. The minimum atomic E-state index is -0.294. The third-order valence-electron chi connectivity index (χ3n) is 4.37. The molecule has 1 heterocycles. The van der Waals surface area contributed by atoms with Crippen molar-refractivity contribution in [1.82, 2.24) is 9.80 Å². The third-order valence-corrected chi connectivity index (χ3v) is 4.37. The number of rotatable bonds is 4. The number of ketones is 1. The molecule has 1 fully saturated rings. The number of hydrogen-bond donors (Lipinski definition) is 0. The van der Waals surface area contributed by atoms with Gasteiger partial charge in [0, 0.05) is 31.6 Å². The normalized spacial score (nSPS) is 16.4. The number of carbonyl (C=O) groups is 2. The molecule has 0 saturated carbocycles. The number of piperazine rings is 1. The molecule has 4 nitrogen and oxygen atoms in total. The molecule has 0 aromatic heterocycles. The molecular formula is C19H28N2O2. The van der Waals surface area contributed by atoms with Gasteiger partial charge in [0.05, 0.1) is 13.0 Å². The molecule has 0 N–H and O–H groups in total. The van der Waals surface area contributed by atoms with Crippen LogP contribution in [0.25, 0.3) is 0 Å². The van der Waals surface area contributed by atoms with E-state index < -0.39 is 0 Å². The highest BCUT2D eigenvalue weighted by molar-refractivity contribution is 5.85. The monoisotopic (exact) mass is 316 g/mol. The van der Waals surface area contributed by atoms with Crippen molar-refractivity contribution in [1.29, 1.82) is 0 Å². The molecular weight excluding hydrogens is 288 g/mol. The predicted molar refractivity (Wildman–Crippen MR) is 92.4 cm³/mol. The number of aryl methyl sites for hydroxylation is 1. The lowest BCUT2D eigenvalue weighted by atomic mass is 9.90. The fourth-order valence-corrected chi connectivity index (χ4v) is 2.70. The summed E-state index contributed by atoms with van der Waals surface area (Å²) in [5.74, 6) is 0.439. The average molecular weight is 316 g/mol. The van der Waals surface area contributed by atoms with Crippen molar-refractivity contribution in [2.24, 2.45) is 5.41 Å². The van der Waals surface area contributed by atoms with E-state index in [1.807, 2.05) is 50.8 Å². The number of carbonyl (C=O) groups excluding carboxylic acids is 2. The van der Waals surface area contributed by atoms with Crippen LogP contribution in [0.5, 0.6) is 0 Å². The minimum absolute atomic E-state index is 0.178. The van der Waals surface area contributed by atoms with Crippen LogP contribution in [0.3, 0.4) is 0 Å². The van der Waals surface area contributed by atoms with Crippen molar-refractivity contribution >= 4 is 11.7 Å². The summed E-state index contributed by atoms with van der Waals surface area (Å²) in [6.45, 7) is 11.4. The molecule has 2 rings (SSSR count). The molecule has 1 aliphatic rings. The van der Waals surface area contributed by atoms with E-state index in [4.69, 9.17) is 0 Å². The lowest BCUT2D eigenvalue weighted by molar-refractivity contribution is -0.133. The number of nitrogens with zero attached hydrogens (tertiary/aromatic N) is 2. The topological polar surface area (TPSA) is 40.6 Å². The fourth-order valence-electron chi connectivity index (χ4n) is 2.70. The molecule has 23 heavy (non-hydrogen) atoms. The Bertz CT molecular complexity index is 567. The molecule has 0 spiro atoms. The summed E-state index contributed by atoms with van der Waals surface area (Å²) in [7, 11) is 0. The smallest absolute Gasteiger partial charge is 0.227 e. The van der Waals surface area contributed by atoms with E-state index in [0.29, 0.717) is 26.1 Å². The van der Waals surface area contributed by atoms with Gasteiger partial charge >= 0.3 is 0 Å². The quantitative estimate of drug-likeness (QED) is 0.856. The van der Waals surface area contributed by atoms with Gasteiger partial charge in [-0.3, -0.25) is 14.5 Å². The van der Waals surface area contributed by atoms with Crippen LogP contribution in [-0.2, 0) is 16.0 Å². The second kappa shape index (κ2) is 7.26. The zero-order valence-corrected chi connectivity index (χ0v) is 14.8. The van der Waals surface area contributed by atoms with Crippen LogP contribution in [-0.4, -0.2) is 54.2 Å². The van der Waals surface area contributed by atoms with Gasteiger partial charge in [-0.2, -0.15) is 0 Å². The first-order valence-electron chi connectivity index (χ1n) is 8.35. The van der Waals surface area contributed by atoms with Gasteiger partial charge in [-0.05, 0) is 12.5 Å². The summed E-state index contributed by atoms with van der Waals surface area (Å²) < 4.78 is 0. The Morgan fingerprint density at radius 3 is 2.30 bits per heavy atom. The van der Waals surface area contributed by atoms with Crippen LogP contribution in [0.1, 0.15) is 31.9 Å². The van der Waals surface area contributed by atoms with Crippen molar-refractivity contribution < 1.29 is 9.59 Å². The van der Waals surface area contributed by atoms with Crippen molar-refractivity contribution in [3.05, 3.63) is 35.4 Å². The van der Waals surface area contributed by atoms with Crippen LogP contribution in [0, 0.1) is 12.3 Å². The van der Waals surface area contributed by atoms with Gasteiger partial charge in [0.25, 0.3) is 0 Å². The van der Waals surface area contributed by atoms with Gasteiger partial charge < -0.3 is 4.90 Å². The standard InChI is InChI=1S/C19H28N2O2/c1-15-6-5-7-16(12-15)13-18(23)21-10-8-20(9-11-21)14-17(22)19(2,3)4/h5-7,12H,8-11,13-14H2,1-4H3. The second-order valence-corrected chi connectivity index (χ2v) is 7.50. The first-order chi connectivity index (χ1) is 10.8. The Balaban J connectivity index is 1.82. The lowest BCUT2D eigenvalue weighted by Crippen LogP contribution is -2.51. The van der Waals surface area contributed by atoms with Crippen LogP contribution in [0.15, 0.2) is 24.3 Å². The number of Topliss-reactive ketones (excluding diaryl/α,β-unsaturated/α-hetero) is 1. The summed E-state index contributed by atoms with van der Waals surface area (Å²) >= 11 is 0. The van der Waals surface area contributed by atoms with Gasteiger partial charge in [-0.1, -0.05) is 50.6 Å². The SMILES string of the molecule is Cc1cccc(CC(=O)N2CCN(CC(=O)C(C)(C)C)CC2)c1. The number of amides is 1. The van der Waals surface area contributed by atoms with Gasteiger partial charge in [0.15, 0.2) is 5.78 Å². The maximum atomic E-state index is 12.4. The second-order valence-electron chi connectivity index (χ2n) is 7.50. The van der Waals surface area contributed by atoms with Crippen LogP contribution in [0.4, 0.5) is 0 Å². The highest BCUT2D eigenvalue weighted by atomic mass is 16.2. The highest BCUT2D eigenvalue weighted by Gasteiger charge is 2.26. The molecule has 1 aliphatic heterocycles. The van der Waals surface area contributed by atoms with E-state index in [0.717, 1.165) is 18.7 Å². The van der Waals surface area contributed by atoms with E-state index >= 15 is 0 Å². The molecule has 0 bridgehead atoms. The molecule has 0 aliphatic carbocycles. The van der Waals surface area contributed by atoms with Gasteiger partial charge in [-0.15, -0.1) is 0 Å².